The van der Waals surface area contributed by atoms with Crippen LogP contribution in [0.25, 0.3) is 83.6 Å². The molecule has 1 N–H and O–H groups in total. The van der Waals surface area contributed by atoms with Crippen molar-refractivity contribution in [3.8, 4) is 67.6 Å². The van der Waals surface area contributed by atoms with E-state index in [1.807, 2.05) is 42.5 Å². The van der Waals surface area contributed by atoms with Crippen molar-refractivity contribution in [3.63, 3.8) is 0 Å². The van der Waals surface area contributed by atoms with Gasteiger partial charge < -0.3 is 9.67 Å². The maximum Gasteiger partial charge on any atom is 0.125 e. The normalized spacial score (nSPS) is 11.9. The van der Waals surface area contributed by atoms with Crippen molar-refractivity contribution in [2.45, 2.75) is 26.2 Å². The predicted octanol–water partition coefficient (Wildman–Crippen LogP) is 11.0. The summed E-state index contributed by atoms with van der Waals surface area (Å²) in [6.07, 6.45) is 0. The molecular weight excluding hydrogens is 782 g/mol. The van der Waals surface area contributed by atoms with E-state index >= 15 is 0 Å². The third kappa shape index (κ3) is 5.02. The summed E-state index contributed by atoms with van der Waals surface area (Å²) in [6.45, 7) is 6.62. The van der Waals surface area contributed by atoms with E-state index in [-0.39, 0.29) is 32.2 Å². The molecule has 1 aliphatic rings. The van der Waals surface area contributed by atoms with Crippen LogP contribution in [0.3, 0.4) is 0 Å². The summed E-state index contributed by atoms with van der Waals surface area (Å²) in [5, 5.41) is 13.5. The van der Waals surface area contributed by atoms with Gasteiger partial charge in [-0.15, -0.1) is 29.8 Å². The molecule has 0 aliphatic carbocycles. The molecule has 5 aromatic carbocycles. The molecule has 9 rings (SSSR count). The van der Waals surface area contributed by atoms with Gasteiger partial charge in [-0.2, -0.15) is 0 Å². The van der Waals surface area contributed by atoms with Crippen LogP contribution < -0.4 is 0 Å². The summed E-state index contributed by atoms with van der Waals surface area (Å²) in [7, 11) is 0. The van der Waals surface area contributed by atoms with Gasteiger partial charge in [0.15, 0.2) is 0 Å². The molecule has 8 aromatic rings. The van der Waals surface area contributed by atoms with Gasteiger partial charge in [0, 0.05) is 54.3 Å². The first-order valence-electron chi connectivity index (χ1n) is 16.3. The molecule has 3 aromatic heterocycles. The van der Waals surface area contributed by atoms with E-state index in [4.69, 9.17) is 9.97 Å². The summed E-state index contributed by atoms with van der Waals surface area (Å²) < 4.78 is 2.36. The average molecular weight is 814 g/mol. The summed E-state index contributed by atoms with van der Waals surface area (Å²) >= 11 is 0. The Morgan fingerprint density at radius 2 is 1.33 bits per heavy atom. The molecule has 4 heterocycles. The van der Waals surface area contributed by atoms with Crippen LogP contribution in [0, 0.1) is 6.07 Å². The number of hydrogen-bond acceptors (Lipinski definition) is 3. The van der Waals surface area contributed by atoms with E-state index in [2.05, 4.69) is 116 Å². The molecular formula is C44H32N3OPt-. The molecule has 0 spiro atoms. The first kappa shape index (κ1) is 31.0. The number of fused-ring (bicyclic) bond motifs is 8. The van der Waals surface area contributed by atoms with Gasteiger partial charge in [0.1, 0.15) is 5.75 Å². The van der Waals surface area contributed by atoms with Crippen molar-refractivity contribution in [3.05, 3.63) is 145 Å². The van der Waals surface area contributed by atoms with E-state index in [1.54, 1.807) is 6.07 Å². The second kappa shape index (κ2) is 11.7. The predicted molar refractivity (Wildman–Crippen MR) is 196 cm³/mol. The first-order valence-corrected chi connectivity index (χ1v) is 16.3. The molecule has 0 saturated heterocycles. The molecule has 0 amide bonds. The number of para-hydroxylation sites is 2. The Kier molecular flexibility index (Phi) is 7.39. The summed E-state index contributed by atoms with van der Waals surface area (Å²) in [6, 6.07) is 49.3. The second-order valence-electron chi connectivity index (χ2n) is 13.6. The van der Waals surface area contributed by atoms with Gasteiger partial charge in [-0.25, -0.2) is 4.98 Å². The fourth-order valence-electron chi connectivity index (χ4n) is 7.08. The first-order chi connectivity index (χ1) is 23.3. The molecule has 5 heteroatoms. The smallest absolute Gasteiger partial charge is 0.125 e. The second-order valence-corrected chi connectivity index (χ2v) is 13.6. The van der Waals surface area contributed by atoms with Crippen LogP contribution in [-0.2, 0) is 26.5 Å². The third-order valence-corrected chi connectivity index (χ3v) is 9.51. The van der Waals surface area contributed by atoms with E-state index in [9.17, 15) is 5.11 Å². The largest absolute Gasteiger partial charge is 0.507 e. The maximum atomic E-state index is 11.2. The Morgan fingerprint density at radius 1 is 0.612 bits per heavy atom. The van der Waals surface area contributed by atoms with Crippen LogP contribution in [0.15, 0.2) is 133 Å². The van der Waals surface area contributed by atoms with Crippen LogP contribution >= 0.6 is 0 Å². The SMILES string of the molecule is CC(C)(C)c1cc(-c2cc3c4ccccc4n4c3c(n2)-c2[c-]cccc2-c2ccccc2-4)nc(-c2cc(-c3ccccc3)ccc2O)c1.[Pt]. The molecule has 0 atom stereocenters. The minimum absolute atomic E-state index is 0. The van der Waals surface area contributed by atoms with Gasteiger partial charge >= 0.3 is 0 Å². The summed E-state index contributed by atoms with van der Waals surface area (Å²) in [4.78, 5) is 10.7. The monoisotopic (exact) mass is 813 g/mol. The van der Waals surface area contributed by atoms with E-state index in [0.717, 1.165) is 78.0 Å². The number of benzene rings is 5. The molecule has 240 valence electrons. The van der Waals surface area contributed by atoms with Gasteiger partial charge in [0.2, 0.25) is 0 Å². The number of phenols is 1. The number of nitrogens with zero attached hydrogens (tertiary/aromatic N) is 3. The Labute approximate surface area is 300 Å². The average Bonchev–Trinajstić information content (AvgIpc) is 3.39. The van der Waals surface area contributed by atoms with Crippen molar-refractivity contribution in [2.75, 3.05) is 0 Å². The van der Waals surface area contributed by atoms with Gasteiger partial charge in [-0.3, -0.25) is 4.98 Å². The number of aromatic hydroxyl groups is 1. The molecule has 49 heavy (non-hydrogen) atoms. The minimum Gasteiger partial charge on any atom is -0.507 e. The van der Waals surface area contributed by atoms with Crippen molar-refractivity contribution in [2.24, 2.45) is 0 Å². The van der Waals surface area contributed by atoms with Crippen LogP contribution in [0.4, 0.5) is 0 Å². The van der Waals surface area contributed by atoms with Crippen molar-refractivity contribution in [1.29, 1.82) is 0 Å². The molecule has 4 nitrogen and oxygen atoms in total. The molecule has 0 radical (unpaired) electrons. The topological polar surface area (TPSA) is 50.9 Å². The van der Waals surface area contributed by atoms with Gasteiger partial charge in [-0.05, 0) is 70.1 Å². The summed E-state index contributed by atoms with van der Waals surface area (Å²) in [5.41, 5.74) is 13.4. The van der Waals surface area contributed by atoms with Crippen LogP contribution in [0.1, 0.15) is 26.3 Å². The fraction of sp³-hybridized carbons (Fsp3) is 0.0909. The van der Waals surface area contributed by atoms with E-state index in [1.165, 1.54) is 0 Å². The van der Waals surface area contributed by atoms with Crippen molar-refractivity contribution >= 4 is 21.8 Å². The van der Waals surface area contributed by atoms with E-state index in [0.29, 0.717) is 11.3 Å². The Morgan fingerprint density at radius 3 is 2.16 bits per heavy atom. The van der Waals surface area contributed by atoms with E-state index < -0.39 is 0 Å². The molecule has 1 aliphatic heterocycles. The maximum absolute atomic E-state index is 11.2. The summed E-state index contributed by atoms with van der Waals surface area (Å²) in [5.74, 6) is 0.193. The Bertz CT molecular complexity index is 2560. The Hall–Kier alpha value is -5.31. The van der Waals surface area contributed by atoms with Crippen molar-refractivity contribution < 1.29 is 26.2 Å². The quantitative estimate of drug-likeness (QED) is 0.181. The number of phenolic OH excluding ortho intramolecular Hbond substituents is 1. The van der Waals surface area contributed by atoms with Crippen molar-refractivity contribution in [1.82, 2.24) is 14.5 Å². The van der Waals surface area contributed by atoms with Crippen LogP contribution in [0.5, 0.6) is 5.75 Å². The zero-order chi connectivity index (χ0) is 32.6. The van der Waals surface area contributed by atoms with Gasteiger partial charge in [0.25, 0.3) is 0 Å². The van der Waals surface area contributed by atoms with Gasteiger partial charge in [0.05, 0.1) is 22.6 Å². The van der Waals surface area contributed by atoms with Gasteiger partial charge in [-0.1, -0.05) is 99.1 Å². The molecule has 0 bridgehead atoms. The number of rotatable bonds is 3. The molecule has 0 fully saturated rings. The molecule has 0 saturated carbocycles. The van der Waals surface area contributed by atoms with Crippen LogP contribution in [-0.4, -0.2) is 19.6 Å². The van der Waals surface area contributed by atoms with Crippen LogP contribution in [0.2, 0.25) is 0 Å². The fourth-order valence-corrected chi connectivity index (χ4v) is 7.08. The standard InChI is InChI=1S/C44H32N3O.Pt/c1-44(2,3)29-24-36(35-23-28(21-22-41(35)48)27-13-5-4-6-14-27)45-37(25-29)38-26-34-32-17-10-12-20-40(32)47-39-19-11-9-16-31(39)30-15-7-8-18-33(30)42(46-38)43(34)47;/h4-17,19-26,48H,1-3H3;/q-1;. The molecule has 0 unspecified atom stereocenters. The number of aromatic nitrogens is 3. The minimum atomic E-state index is -0.174. The zero-order valence-corrected chi connectivity index (χ0v) is 29.6. The number of hydrogen-bond donors (Lipinski definition) is 1. The number of pyridine rings is 2. The zero-order valence-electron chi connectivity index (χ0n) is 27.3. The third-order valence-electron chi connectivity index (χ3n) is 9.51. The Balaban J connectivity index is 0.00000348.